The number of rotatable bonds is 6. The summed E-state index contributed by atoms with van der Waals surface area (Å²) >= 11 is 6.76. The fourth-order valence-corrected chi connectivity index (χ4v) is 6.44. The number of hydrogen-bond donors (Lipinski definition) is 2. The first kappa shape index (κ1) is 21.2. The van der Waals surface area contributed by atoms with E-state index in [0.717, 1.165) is 30.7 Å². The molecule has 1 aromatic rings. The Hall–Kier alpha value is -1.65. The summed E-state index contributed by atoms with van der Waals surface area (Å²) in [5.74, 6) is 0.741. The van der Waals surface area contributed by atoms with E-state index in [2.05, 4.69) is 71.8 Å². The highest BCUT2D eigenvalue weighted by atomic mass is 35.5. The van der Waals surface area contributed by atoms with Crippen LogP contribution in [-0.4, -0.2) is 34.4 Å². The van der Waals surface area contributed by atoms with Gasteiger partial charge in [-0.1, -0.05) is 79.3 Å². The van der Waals surface area contributed by atoms with Crippen LogP contribution in [0, 0.1) is 11.8 Å². The zero-order valence-corrected chi connectivity index (χ0v) is 19.0. The van der Waals surface area contributed by atoms with Gasteiger partial charge in [0.2, 0.25) is 0 Å². The van der Waals surface area contributed by atoms with Gasteiger partial charge in [-0.25, -0.2) is 0 Å². The minimum Gasteiger partial charge on any atom is -0.378 e. The van der Waals surface area contributed by atoms with E-state index in [-0.39, 0.29) is 18.0 Å². The van der Waals surface area contributed by atoms with Gasteiger partial charge < -0.3 is 5.11 Å². The molecule has 31 heavy (non-hydrogen) atoms. The highest BCUT2D eigenvalue weighted by Crippen LogP contribution is 2.51. The second-order valence-electron chi connectivity index (χ2n) is 9.57. The topological polar surface area (TPSA) is 35.5 Å². The third-order valence-electron chi connectivity index (χ3n) is 7.71. The molecule has 0 amide bonds. The first-order chi connectivity index (χ1) is 15.1. The highest BCUT2D eigenvalue weighted by Gasteiger charge is 2.52. The van der Waals surface area contributed by atoms with E-state index >= 15 is 0 Å². The minimum atomic E-state index is -0.483. The van der Waals surface area contributed by atoms with Crippen LogP contribution in [0.2, 0.25) is 5.02 Å². The molecule has 164 valence electrons. The molecule has 2 aliphatic carbocycles. The van der Waals surface area contributed by atoms with Crippen molar-refractivity contribution in [3.63, 3.8) is 0 Å². The molecule has 0 saturated carbocycles. The summed E-state index contributed by atoms with van der Waals surface area (Å²) in [4.78, 5) is 2.70. The smallest absolute Gasteiger partial charge is 0.109 e. The quantitative estimate of drug-likeness (QED) is 0.574. The van der Waals surface area contributed by atoms with Gasteiger partial charge in [0.15, 0.2) is 0 Å². The van der Waals surface area contributed by atoms with Gasteiger partial charge in [-0.05, 0) is 55.2 Å². The van der Waals surface area contributed by atoms with Gasteiger partial charge in [0.05, 0.1) is 6.04 Å². The minimum absolute atomic E-state index is 0.181. The SMILES string of the molecule is CC1CC=CC=C1C(c1ccccc1Cl)N1C2CCC1C(C(O)NC1C=CC=CC1)C2. The largest absolute Gasteiger partial charge is 0.378 e. The summed E-state index contributed by atoms with van der Waals surface area (Å²) in [6, 6.07) is 9.60. The van der Waals surface area contributed by atoms with Gasteiger partial charge in [-0.3, -0.25) is 10.2 Å². The van der Waals surface area contributed by atoms with E-state index in [1.165, 1.54) is 17.6 Å². The van der Waals surface area contributed by atoms with Crippen molar-refractivity contribution in [1.29, 1.82) is 0 Å². The van der Waals surface area contributed by atoms with Crippen LogP contribution in [0.5, 0.6) is 0 Å². The van der Waals surface area contributed by atoms with E-state index in [1.807, 2.05) is 12.1 Å². The summed E-state index contributed by atoms with van der Waals surface area (Å²) in [7, 11) is 0. The van der Waals surface area contributed by atoms with Crippen LogP contribution in [0.3, 0.4) is 0 Å². The number of benzene rings is 1. The molecule has 4 aliphatic rings. The third kappa shape index (κ3) is 4.09. The van der Waals surface area contributed by atoms with E-state index in [9.17, 15) is 5.11 Å². The maximum absolute atomic E-state index is 11.2. The molecule has 0 aromatic heterocycles. The molecular weight excluding hydrogens is 404 g/mol. The predicted octanol–water partition coefficient (Wildman–Crippen LogP) is 5.55. The standard InChI is InChI=1S/C27H33ClN2O/c1-18-9-5-6-12-21(18)26(22-13-7-8-14-24(22)28)30-20-15-16-25(30)23(17-20)27(31)29-19-10-3-2-4-11-19/h2-8,10,12-14,18-20,23,25-27,29,31H,9,11,15-17H2,1H3. The first-order valence-electron chi connectivity index (χ1n) is 11.8. The second-order valence-corrected chi connectivity index (χ2v) is 9.97. The molecule has 0 spiro atoms. The van der Waals surface area contributed by atoms with Gasteiger partial charge in [0.25, 0.3) is 0 Å². The molecular formula is C27H33ClN2O. The number of aliphatic hydroxyl groups is 1. The lowest BCUT2D eigenvalue weighted by Gasteiger charge is -2.38. The molecule has 2 N–H and O–H groups in total. The fraction of sp³-hybridized carbons (Fsp3) is 0.481. The van der Waals surface area contributed by atoms with Crippen LogP contribution in [0.4, 0.5) is 0 Å². The average Bonchev–Trinajstić information content (AvgIpc) is 3.35. The molecule has 2 aliphatic heterocycles. The predicted molar refractivity (Wildman–Crippen MR) is 128 cm³/mol. The van der Waals surface area contributed by atoms with Crippen molar-refractivity contribution >= 4 is 11.6 Å². The normalized spacial score (nSPS) is 34.2. The van der Waals surface area contributed by atoms with E-state index < -0.39 is 6.23 Å². The molecule has 5 rings (SSSR count). The van der Waals surface area contributed by atoms with Crippen molar-refractivity contribution < 1.29 is 5.11 Å². The molecule has 7 atom stereocenters. The monoisotopic (exact) mass is 436 g/mol. The van der Waals surface area contributed by atoms with Gasteiger partial charge in [-0.15, -0.1) is 0 Å². The number of nitrogens with one attached hydrogen (secondary N) is 1. The summed E-state index contributed by atoms with van der Waals surface area (Å²) in [6.07, 6.45) is 20.2. The van der Waals surface area contributed by atoms with Crippen LogP contribution in [-0.2, 0) is 0 Å². The Labute approximate surface area is 191 Å². The Morgan fingerprint density at radius 2 is 1.94 bits per heavy atom. The van der Waals surface area contributed by atoms with Gasteiger partial charge in [-0.2, -0.15) is 0 Å². The first-order valence-corrected chi connectivity index (χ1v) is 12.2. The number of halogens is 1. The van der Waals surface area contributed by atoms with Crippen LogP contribution in [0.25, 0.3) is 0 Å². The van der Waals surface area contributed by atoms with E-state index in [4.69, 9.17) is 11.6 Å². The van der Waals surface area contributed by atoms with Crippen molar-refractivity contribution in [2.24, 2.45) is 11.8 Å². The Bertz CT molecular complexity index is 920. The Kier molecular flexibility index (Phi) is 6.21. The van der Waals surface area contributed by atoms with E-state index in [0.29, 0.717) is 18.0 Å². The Balaban J connectivity index is 1.44. The van der Waals surface area contributed by atoms with Gasteiger partial charge >= 0.3 is 0 Å². The number of hydrogen-bond acceptors (Lipinski definition) is 3. The number of allylic oxidation sites excluding steroid dienone is 5. The zero-order chi connectivity index (χ0) is 21.4. The summed E-state index contributed by atoms with van der Waals surface area (Å²) in [6.45, 7) is 2.33. The highest BCUT2D eigenvalue weighted by molar-refractivity contribution is 6.31. The second kappa shape index (κ2) is 9.07. The molecule has 3 nitrogen and oxygen atoms in total. The van der Waals surface area contributed by atoms with E-state index in [1.54, 1.807) is 0 Å². The summed E-state index contributed by atoms with van der Waals surface area (Å²) in [5, 5.41) is 15.5. The average molecular weight is 437 g/mol. The molecule has 2 bridgehead atoms. The lowest BCUT2D eigenvalue weighted by Crippen LogP contribution is -2.47. The summed E-state index contributed by atoms with van der Waals surface area (Å²) in [5.41, 5.74) is 2.66. The Morgan fingerprint density at radius 3 is 2.71 bits per heavy atom. The molecule has 2 fully saturated rings. The van der Waals surface area contributed by atoms with Crippen molar-refractivity contribution in [2.45, 2.75) is 69.4 Å². The lowest BCUT2D eigenvalue weighted by molar-refractivity contribution is 0.0437. The van der Waals surface area contributed by atoms with Crippen molar-refractivity contribution in [2.75, 3.05) is 0 Å². The summed E-state index contributed by atoms with van der Waals surface area (Å²) < 4.78 is 0. The maximum atomic E-state index is 11.2. The number of nitrogens with zero attached hydrogens (tertiary/aromatic N) is 1. The molecule has 2 heterocycles. The number of fused-ring (bicyclic) bond motifs is 2. The van der Waals surface area contributed by atoms with Crippen molar-refractivity contribution in [3.8, 4) is 0 Å². The lowest BCUT2D eigenvalue weighted by atomic mass is 9.83. The van der Waals surface area contributed by atoms with Crippen LogP contribution >= 0.6 is 11.6 Å². The third-order valence-corrected chi connectivity index (χ3v) is 8.05. The van der Waals surface area contributed by atoms with Crippen molar-refractivity contribution in [3.05, 3.63) is 83.0 Å². The zero-order valence-electron chi connectivity index (χ0n) is 18.2. The maximum Gasteiger partial charge on any atom is 0.109 e. The van der Waals surface area contributed by atoms with Crippen molar-refractivity contribution in [1.82, 2.24) is 10.2 Å². The molecule has 2 saturated heterocycles. The molecule has 1 aromatic carbocycles. The van der Waals surface area contributed by atoms with Crippen LogP contribution in [0.15, 0.2) is 72.4 Å². The fourth-order valence-electron chi connectivity index (χ4n) is 6.20. The number of aliphatic hydroxyl groups excluding tert-OH is 1. The Morgan fingerprint density at radius 1 is 1.10 bits per heavy atom. The molecule has 4 heteroatoms. The molecule has 0 radical (unpaired) electrons. The van der Waals surface area contributed by atoms with Crippen LogP contribution in [0.1, 0.15) is 50.6 Å². The molecule has 7 unspecified atom stereocenters. The van der Waals surface area contributed by atoms with Gasteiger partial charge in [0, 0.05) is 29.1 Å². The van der Waals surface area contributed by atoms with Gasteiger partial charge in [0.1, 0.15) is 6.23 Å². The van der Waals surface area contributed by atoms with Crippen LogP contribution < -0.4 is 5.32 Å².